The molecule has 2 aliphatic heterocycles. The molecule has 1 N–H and O–H groups in total. The van der Waals surface area contributed by atoms with Crippen LogP contribution in [-0.2, 0) is 9.53 Å². The monoisotopic (exact) mass is 311 g/mol. The van der Waals surface area contributed by atoms with Crippen LogP contribution in [0.3, 0.4) is 0 Å². The maximum absolute atomic E-state index is 12.1. The predicted octanol–water partition coefficient (Wildman–Crippen LogP) is 1.60. The third-order valence-corrected chi connectivity index (χ3v) is 4.24. The molecule has 2 atom stereocenters. The van der Waals surface area contributed by atoms with Crippen LogP contribution >= 0.6 is 0 Å². The summed E-state index contributed by atoms with van der Waals surface area (Å²) in [5, 5.41) is 3.48. The third-order valence-electron chi connectivity index (χ3n) is 4.24. The number of likely N-dealkylation sites (tertiary alicyclic amines) is 2. The molecule has 22 heavy (non-hydrogen) atoms. The molecule has 0 spiro atoms. The maximum atomic E-state index is 12.1. The normalized spacial score (nSPS) is 27.0. The van der Waals surface area contributed by atoms with E-state index in [0.29, 0.717) is 12.6 Å². The minimum absolute atomic E-state index is 0.0527. The van der Waals surface area contributed by atoms with Crippen LogP contribution in [0.1, 0.15) is 46.5 Å². The number of likely N-dealkylation sites (N-methyl/N-ethyl adjacent to an activating group) is 1. The van der Waals surface area contributed by atoms with E-state index in [1.807, 2.05) is 27.8 Å². The first-order chi connectivity index (χ1) is 10.3. The van der Waals surface area contributed by atoms with Crippen molar-refractivity contribution < 1.29 is 14.3 Å². The molecule has 0 aromatic heterocycles. The Hall–Kier alpha value is -1.30. The average molecular weight is 311 g/mol. The molecule has 2 rings (SSSR count). The molecule has 2 fully saturated rings. The third kappa shape index (κ3) is 4.60. The van der Waals surface area contributed by atoms with Crippen LogP contribution in [-0.4, -0.2) is 66.2 Å². The lowest BCUT2D eigenvalue weighted by Gasteiger charge is -2.26. The second-order valence-electron chi connectivity index (χ2n) is 7.36. The molecule has 0 aromatic rings. The molecule has 0 aliphatic carbocycles. The SMILES string of the molecule is CN1CCC(NC2CCCN(C(=O)OC(C)(C)C)CC2)C1=O. The van der Waals surface area contributed by atoms with Crippen LogP contribution < -0.4 is 5.32 Å². The number of carbonyl (C=O) groups excluding carboxylic acids is 2. The molecule has 0 radical (unpaired) electrons. The number of nitrogens with one attached hydrogen (secondary N) is 1. The van der Waals surface area contributed by atoms with E-state index in [4.69, 9.17) is 4.74 Å². The van der Waals surface area contributed by atoms with Crippen molar-refractivity contribution in [3.05, 3.63) is 0 Å². The van der Waals surface area contributed by atoms with Crippen molar-refractivity contribution in [3.8, 4) is 0 Å². The van der Waals surface area contributed by atoms with Crippen LogP contribution in [0.15, 0.2) is 0 Å². The van der Waals surface area contributed by atoms with E-state index in [-0.39, 0.29) is 18.0 Å². The maximum Gasteiger partial charge on any atom is 0.410 e. The fraction of sp³-hybridized carbons (Fsp3) is 0.875. The lowest BCUT2D eigenvalue weighted by molar-refractivity contribution is -0.128. The first kappa shape index (κ1) is 17.1. The smallest absolute Gasteiger partial charge is 0.410 e. The number of hydrogen-bond acceptors (Lipinski definition) is 4. The van der Waals surface area contributed by atoms with Gasteiger partial charge in [0.1, 0.15) is 5.60 Å². The van der Waals surface area contributed by atoms with E-state index in [9.17, 15) is 9.59 Å². The zero-order valence-electron chi connectivity index (χ0n) is 14.2. The van der Waals surface area contributed by atoms with Crippen LogP contribution in [0, 0.1) is 0 Å². The molecular weight excluding hydrogens is 282 g/mol. The zero-order chi connectivity index (χ0) is 16.3. The Morgan fingerprint density at radius 3 is 2.50 bits per heavy atom. The van der Waals surface area contributed by atoms with E-state index in [0.717, 1.165) is 38.8 Å². The van der Waals surface area contributed by atoms with Gasteiger partial charge in [-0.2, -0.15) is 0 Å². The van der Waals surface area contributed by atoms with Crippen LogP contribution in [0.2, 0.25) is 0 Å². The van der Waals surface area contributed by atoms with E-state index in [1.165, 1.54) is 0 Å². The molecule has 2 amide bonds. The molecule has 126 valence electrons. The summed E-state index contributed by atoms with van der Waals surface area (Å²) in [7, 11) is 1.85. The molecule has 2 aliphatic rings. The van der Waals surface area contributed by atoms with Gasteiger partial charge in [0.2, 0.25) is 5.91 Å². The van der Waals surface area contributed by atoms with Crippen LogP contribution in [0.4, 0.5) is 4.79 Å². The highest BCUT2D eigenvalue weighted by Crippen LogP contribution is 2.17. The van der Waals surface area contributed by atoms with Gasteiger partial charge in [0.05, 0.1) is 6.04 Å². The quantitative estimate of drug-likeness (QED) is 0.841. The lowest BCUT2D eigenvalue weighted by atomic mass is 10.1. The Labute approximate surface area is 133 Å². The van der Waals surface area contributed by atoms with E-state index in [1.54, 1.807) is 9.80 Å². The Morgan fingerprint density at radius 1 is 1.18 bits per heavy atom. The molecule has 2 unspecified atom stereocenters. The number of rotatable bonds is 2. The fourth-order valence-electron chi connectivity index (χ4n) is 3.03. The summed E-state index contributed by atoms with van der Waals surface area (Å²) in [6.45, 7) is 7.89. The van der Waals surface area contributed by atoms with Crippen LogP contribution in [0.25, 0.3) is 0 Å². The number of amides is 2. The van der Waals surface area contributed by atoms with Gasteiger partial charge in [-0.15, -0.1) is 0 Å². The average Bonchev–Trinajstić information content (AvgIpc) is 2.64. The highest BCUT2D eigenvalue weighted by Gasteiger charge is 2.32. The predicted molar refractivity (Wildman–Crippen MR) is 84.6 cm³/mol. The summed E-state index contributed by atoms with van der Waals surface area (Å²) in [5.41, 5.74) is -0.456. The van der Waals surface area contributed by atoms with Gasteiger partial charge in [-0.1, -0.05) is 0 Å². The Morgan fingerprint density at radius 2 is 1.91 bits per heavy atom. The number of ether oxygens (including phenoxy) is 1. The standard InChI is InChI=1S/C16H29N3O3/c1-16(2,3)22-15(21)19-9-5-6-12(7-11-19)17-13-8-10-18(4)14(13)20/h12-13,17H,5-11H2,1-4H3. The summed E-state index contributed by atoms with van der Waals surface area (Å²) in [6.07, 6.45) is 3.44. The van der Waals surface area contributed by atoms with Crippen molar-refractivity contribution in [1.29, 1.82) is 0 Å². The Kier molecular flexibility index (Phi) is 5.32. The van der Waals surface area contributed by atoms with Gasteiger partial charge >= 0.3 is 6.09 Å². The van der Waals surface area contributed by atoms with Gasteiger partial charge in [-0.05, 0) is 46.5 Å². The largest absolute Gasteiger partial charge is 0.444 e. The van der Waals surface area contributed by atoms with Crippen molar-refractivity contribution in [2.24, 2.45) is 0 Å². The minimum atomic E-state index is -0.456. The fourth-order valence-corrected chi connectivity index (χ4v) is 3.03. The molecular formula is C16H29N3O3. The second kappa shape index (κ2) is 6.86. The first-order valence-corrected chi connectivity index (χ1v) is 8.25. The summed E-state index contributed by atoms with van der Waals surface area (Å²) < 4.78 is 5.44. The van der Waals surface area contributed by atoms with Gasteiger partial charge in [0.15, 0.2) is 0 Å². The Balaban J connectivity index is 1.82. The van der Waals surface area contributed by atoms with Gasteiger partial charge in [-0.25, -0.2) is 4.79 Å². The second-order valence-corrected chi connectivity index (χ2v) is 7.36. The Bertz CT molecular complexity index is 419. The summed E-state index contributed by atoms with van der Waals surface area (Å²) in [5.74, 6) is 0.188. The van der Waals surface area contributed by atoms with Crippen molar-refractivity contribution in [2.75, 3.05) is 26.7 Å². The van der Waals surface area contributed by atoms with Crippen molar-refractivity contribution in [1.82, 2.24) is 15.1 Å². The highest BCUT2D eigenvalue weighted by molar-refractivity contribution is 5.83. The molecule has 0 aromatic carbocycles. The molecule has 2 heterocycles. The summed E-state index contributed by atoms with van der Waals surface area (Å²) in [4.78, 5) is 27.7. The first-order valence-electron chi connectivity index (χ1n) is 8.25. The summed E-state index contributed by atoms with van der Waals surface area (Å²) >= 11 is 0. The molecule has 6 heteroatoms. The van der Waals surface area contributed by atoms with E-state index in [2.05, 4.69) is 5.32 Å². The number of nitrogens with zero attached hydrogens (tertiary/aromatic N) is 2. The molecule has 2 saturated heterocycles. The minimum Gasteiger partial charge on any atom is -0.444 e. The van der Waals surface area contributed by atoms with Gasteiger partial charge < -0.3 is 19.9 Å². The highest BCUT2D eigenvalue weighted by atomic mass is 16.6. The van der Waals surface area contributed by atoms with Crippen molar-refractivity contribution >= 4 is 12.0 Å². The molecule has 0 saturated carbocycles. The van der Waals surface area contributed by atoms with Crippen LogP contribution in [0.5, 0.6) is 0 Å². The van der Waals surface area contributed by atoms with Gasteiger partial charge in [-0.3, -0.25) is 4.79 Å². The van der Waals surface area contributed by atoms with E-state index >= 15 is 0 Å². The van der Waals surface area contributed by atoms with Crippen molar-refractivity contribution in [2.45, 2.75) is 64.1 Å². The lowest BCUT2D eigenvalue weighted by Crippen LogP contribution is -2.43. The number of hydrogen-bond donors (Lipinski definition) is 1. The zero-order valence-corrected chi connectivity index (χ0v) is 14.2. The topological polar surface area (TPSA) is 61.9 Å². The summed E-state index contributed by atoms with van der Waals surface area (Å²) in [6, 6.07) is 0.246. The van der Waals surface area contributed by atoms with Gasteiger partial charge in [0, 0.05) is 32.7 Å². The van der Waals surface area contributed by atoms with Gasteiger partial charge in [0.25, 0.3) is 0 Å². The number of carbonyl (C=O) groups is 2. The van der Waals surface area contributed by atoms with E-state index < -0.39 is 5.60 Å². The molecule has 6 nitrogen and oxygen atoms in total. The molecule has 0 bridgehead atoms. The van der Waals surface area contributed by atoms with Crippen molar-refractivity contribution in [3.63, 3.8) is 0 Å².